The highest BCUT2D eigenvalue weighted by Crippen LogP contribution is 2.02. The van der Waals surface area contributed by atoms with Gasteiger partial charge in [-0.15, -0.1) is 0 Å². The molecular formula is C12H28O8. The molecule has 0 bridgehead atoms. The third-order valence-corrected chi connectivity index (χ3v) is 2.33. The van der Waals surface area contributed by atoms with E-state index >= 15 is 0 Å². The van der Waals surface area contributed by atoms with Gasteiger partial charge < -0.3 is 40.5 Å². The highest BCUT2D eigenvalue weighted by molar-refractivity contribution is 4.54. The van der Waals surface area contributed by atoms with Crippen molar-refractivity contribution in [2.24, 2.45) is 5.92 Å². The van der Waals surface area contributed by atoms with Gasteiger partial charge in [0.25, 0.3) is 0 Å². The Labute approximate surface area is 118 Å². The van der Waals surface area contributed by atoms with Crippen LogP contribution in [0.25, 0.3) is 0 Å². The molecule has 0 aliphatic carbocycles. The smallest absolute Gasteiger partial charge is 0.100 e. The topological polar surface area (TPSA) is 151 Å². The van der Waals surface area contributed by atoms with Crippen molar-refractivity contribution in [1.82, 2.24) is 0 Å². The molecule has 0 aromatic carbocycles. The lowest BCUT2D eigenvalue weighted by atomic mass is 10.1. The normalized spacial score (nSPS) is 13.8. The van der Waals surface area contributed by atoms with Gasteiger partial charge in [-0.25, -0.2) is 0 Å². The second kappa shape index (κ2) is 16.7. The van der Waals surface area contributed by atoms with Gasteiger partial charge in [0.2, 0.25) is 0 Å². The van der Waals surface area contributed by atoms with Crippen LogP contribution in [-0.2, 0) is 4.74 Å². The lowest BCUT2D eigenvalue weighted by Crippen LogP contribution is -2.25. The fraction of sp³-hybridized carbons (Fsp3) is 1.00. The summed E-state index contributed by atoms with van der Waals surface area (Å²) in [6.07, 6.45) is -0.475. The molecule has 2 atom stereocenters. The van der Waals surface area contributed by atoms with Gasteiger partial charge in [-0.1, -0.05) is 0 Å². The number of aliphatic hydroxyl groups excluding tert-OH is 7. The van der Waals surface area contributed by atoms with E-state index in [4.69, 9.17) is 40.5 Å². The number of ether oxygens (including phenoxy) is 1. The maximum Gasteiger partial charge on any atom is 0.100 e. The van der Waals surface area contributed by atoms with Crippen LogP contribution in [0.3, 0.4) is 0 Å². The monoisotopic (exact) mass is 300 g/mol. The van der Waals surface area contributed by atoms with Crippen LogP contribution in [0.4, 0.5) is 0 Å². The molecule has 8 heteroatoms. The van der Waals surface area contributed by atoms with Crippen LogP contribution in [0, 0.1) is 5.92 Å². The molecule has 20 heavy (non-hydrogen) atoms. The van der Waals surface area contributed by atoms with Crippen LogP contribution in [0.5, 0.6) is 0 Å². The van der Waals surface area contributed by atoms with Crippen molar-refractivity contribution in [2.75, 3.05) is 46.2 Å². The molecule has 0 amide bonds. The molecule has 0 radical (unpaired) electrons. The Morgan fingerprint density at radius 2 is 1.15 bits per heavy atom. The van der Waals surface area contributed by atoms with Crippen molar-refractivity contribution in [3.8, 4) is 0 Å². The van der Waals surface area contributed by atoms with E-state index < -0.39 is 12.2 Å². The van der Waals surface area contributed by atoms with Crippen molar-refractivity contribution in [2.45, 2.75) is 25.0 Å². The summed E-state index contributed by atoms with van der Waals surface area (Å²) >= 11 is 0. The van der Waals surface area contributed by atoms with Gasteiger partial charge in [0.05, 0.1) is 26.4 Å². The Bertz CT molecular complexity index is 167. The summed E-state index contributed by atoms with van der Waals surface area (Å²) < 4.78 is 4.72. The molecule has 0 saturated heterocycles. The van der Waals surface area contributed by atoms with Crippen LogP contribution >= 0.6 is 0 Å². The average molecular weight is 300 g/mol. The minimum Gasteiger partial charge on any atom is -0.396 e. The Kier molecular flexibility index (Phi) is 18.4. The van der Waals surface area contributed by atoms with Crippen molar-refractivity contribution >= 4 is 0 Å². The average Bonchev–Trinajstić information content (AvgIpc) is 2.48. The Balaban J connectivity index is 0. The van der Waals surface area contributed by atoms with Crippen molar-refractivity contribution in [1.29, 1.82) is 0 Å². The molecule has 0 aromatic heterocycles. The summed E-state index contributed by atoms with van der Waals surface area (Å²) in [6, 6.07) is 0. The summed E-state index contributed by atoms with van der Waals surface area (Å²) in [5.41, 5.74) is 0. The quantitative estimate of drug-likeness (QED) is 0.214. The van der Waals surface area contributed by atoms with E-state index in [-0.39, 0.29) is 52.2 Å². The third kappa shape index (κ3) is 15.7. The van der Waals surface area contributed by atoms with Gasteiger partial charge in [-0.2, -0.15) is 0 Å². The molecule has 124 valence electrons. The molecular weight excluding hydrogens is 272 g/mol. The first kappa shape index (κ1) is 22.0. The lowest BCUT2D eigenvalue weighted by molar-refractivity contribution is -0.0364. The fourth-order valence-electron chi connectivity index (χ4n) is 1.07. The molecule has 0 fully saturated rings. The standard InChI is InChI=1S/C6H14O5.C6H14O3/c7-1-5(9)3-11-4-6(10)2-8;7-3-1-2-6(4-8)5-9/h5-10H,1-4H2;6-9H,1-5H2. The third-order valence-electron chi connectivity index (χ3n) is 2.33. The maximum atomic E-state index is 8.72. The molecule has 0 saturated carbocycles. The van der Waals surface area contributed by atoms with Crippen molar-refractivity contribution in [3.63, 3.8) is 0 Å². The fourth-order valence-corrected chi connectivity index (χ4v) is 1.07. The molecule has 0 heterocycles. The van der Waals surface area contributed by atoms with Gasteiger partial charge in [-0.3, -0.25) is 0 Å². The van der Waals surface area contributed by atoms with E-state index in [1.54, 1.807) is 0 Å². The highest BCUT2D eigenvalue weighted by Gasteiger charge is 2.05. The van der Waals surface area contributed by atoms with E-state index in [9.17, 15) is 0 Å². The van der Waals surface area contributed by atoms with Crippen molar-refractivity contribution < 1.29 is 40.5 Å². The largest absolute Gasteiger partial charge is 0.396 e. The van der Waals surface area contributed by atoms with Gasteiger partial charge in [0.1, 0.15) is 12.2 Å². The second-order valence-electron chi connectivity index (χ2n) is 4.31. The molecule has 2 unspecified atom stereocenters. The SMILES string of the molecule is OCC(O)COCC(O)CO.OCCCC(CO)CO. The summed E-state index contributed by atoms with van der Waals surface area (Å²) in [7, 11) is 0. The van der Waals surface area contributed by atoms with E-state index in [0.717, 1.165) is 0 Å². The molecule has 0 aliphatic rings. The Hall–Kier alpha value is -0.320. The van der Waals surface area contributed by atoms with Crippen LogP contribution in [0.2, 0.25) is 0 Å². The highest BCUT2D eigenvalue weighted by atomic mass is 16.5. The van der Waals surface area contributed by atoms with Gasteiger partial charge in [0.15, 0.2) is 0 Å². The van der Waals surface area contributed by atoms with Crippen molar-refractivity contribution in [3.05, 3.63) is 0 Å². The number of hydrogen-bond acceptors (Lipinski definition) is 8. The second-order valence-corrected chi connectivity index (χ2v) is 4.31. The van der Waals surface area contributed by atoms with E-state index in [2.05, 4.69) is 0 Å². The van der Waals surface area contributed by atoms with Crippen LogP contribution < -0.4 is 0 Å². The minimum atomic E-state index is -0.916. The van der Waals surface area contributed by atoms with Crippen LogP contribution in [0.15, 0.2) is 0 Å². The molecule has 0 aromatic rings. The Morgan fingerprint density at radius 3 is 1.45 bits per heavy atom. The molecule has 0 aliphatic heterocycles. The molecule has 0 spiro atoms. The zero-order valence-corrected chi connectivity index (χ0v) is 11.6. The van der Waals surface area contributed by atoms with Gasteiger partial charge in [0, 0.05) is 25.7 Å². The number of rotatable bonds is 11. The summed E-state index contributed by atoms with van der Waals surface area (Å²) in [5, 5.41) is 59.4. The summed E-state index contributed by atoms with van der Waals surface area (Å²) in [5.74, 6) is -0.0443. The van der Waals surface area contributed by atoms with E-state index in [1.807, 2.05) is 0 Å². The first-order valence-corrected chi connectivity index (χ1v) is 6.53. The maximum absolute atomic E-state index is 8.72. The van der Waals surface area contributed by atoms with E-state index in [0.29, 0.717) is 12.8 Å². The zero-order chi connectivity index (χ0) is 15.8. The predicted molar refractivity (Wildman–Crippen MR) is 71.0 cm³/mol. The van der Waals surface area contributed by atoms with Gasteiger partial charge >= 0.3 is 0 Å². The molecule has 8 nitrogen and oxygen atoms in total. The van der Waals surface area contributed by atoms with Crippen LogP contribution in [-0.4, -0.2) is 94.2 Å². The zero-order valence-electron chi connectivity index (χ0n) is 11.6. The van der Waals surface area contributed by atoms with Crippen LogP contribution in [0.1, 0.15) is 12.8 Å². The number of hydrogen-bond donors (Lipinski definition) is 7. The molecule has 0 rings (SSSR count). The summed E-state index contributed by atoms with van der Waals surface area (Å²) in [6.45, 7) is -0.644. The predicted octanol–water partition coefficient (Wildman–Crippen LogP) is -2.93. The minimum absolute atomic E-state index is 0.0104. The number of aliphatic hydroxyl groups is 7. The molecule has 7 N–H and O–H groups in total. The summed E-state index contributed by atoms with van der Waals surface area (Å²) in [4.78, 5) is 0. The first-order chi connectivity index (χ1) is 9.55. The Morgan fingerprint density at radius 1 is 0.700 bits per heavy atom. The van der Waals surface area contributed by atoms with Gasteiger partial charge in [-0.05, 0) is 12.8 Å². The van der Waals surface area contributed by atoms with E-state index in [1.165, 1.54) is 0 Å². The lowest BCUT2D eigenvalue weighted by Gasteiger charge is -2.10. The first-order valence-electron chi connectivity index (χ1n) is 6.53.